The van der Waals surface area contributed by atoms with Crippen molar-refractivity contribution in [3.63, 3.8) is 0 Å². The quantitative estimate of drug-likeness (QED) is 0.334. The lowest BCUT2D eigenvalue weighted by Gasteiger charge is -2.24. The number of anilines is 1. The number of hydrogen-bond acceptors (Lipinski definition) is 6. The molecule has 6 nitrogen and oxygen atoms in total. The van der Waals surface area contributed by atoms with Crippen LogP contribution in [0.2, 0.25) is 0 Å². The summed E-state index contributed by atoms with van der Waals surface area (Å²) in [5.41, 5.74) is 2.57. The molecule has 2 aromatic heterocycles. The average Bonchev–Trinajstić information content (AvgIpc) is 3.52. The highest BCUT2D eigenvalue weighted by Crippen LogP contribution is 2.44. The Bertz CT molecular complexity index is 1370. The highest BCUT2D eigenvalue weighted by atomic mass is 79.9. The van der Waals surface area contributed by atoms with E-state index in [9.17, 15) is 14.7 Å². The van der Waals surface area contributed by atoms with Crippen molar-refractivity contribution in [2.45, 2.75) is 19.4 Å². The van der Waals surface area contributed by atoms with E-state index in [0.29, 0.717) is 10.7 Å². The number of Topliss-reactive ketones (excluding diaryl/α,β-unsaturated/α-hetero) is 1. The minimum Gasteiger partial charge on any atom is -0.503 e. The summed E-state index contributed by atoms with van der Waals surface area (Å²) in [6, 6.07) is 15.5. The van der Waals surface area contributed by atoms with Crippen LogP contribution in [0.3, 0.4) is 0 Å². The van der Waals surface area contributed by atoms with E-state index in [4.69, 9.17) is 4.42 Å². The topological polar surface area (TPSA) is 83.6 Å². The smallest absolute Gasteiger partial charge is 0.296 e. The fourth-order valence-corrected chi connectivity index (χ4v) is 5.14. The number of amides is 1. The lowest BCUT2D eigenvalue weighted by molar-refractivity contribution is -0.117. The molecule has 3 heterocycles. The van der Waals surface area contributed by atoms with Gasteiger partial charge >= 0.3 is 0 Å². The lowest BCUT2D eigenvalue weighted by atomic mass is 9.95. The standard InChI is InChI=1S/C24H17BrN2O4S/c1-2-13-5-10-16-18(12-13)32-24(26-16)27-20(14-6-8-15(25)9-7-14)19(22(29)23(27)30)21(28)17-4-3-11-31-17/h3-12,20,29H,2H2,1H3/t20-/m1/s1. The molecule has 1 amide bonds. The van der Waals surface area contributed by atoms with E-state index < -0.39 is 23.5 Å². The van der Waals surface area contributed by atoms with Gasteiger partial charge in [0, 0.05) is 4.47 Å². The van der Waals surface area contributed by atoms with Gasteiger partial charge in [0.05, 0.1) is 28.1 Å². The molecule has 0 fully saturated rings. The molecule has 0 bridgehead atoms. The summed E-state index contributed by atoms with van der Waals surface area (Å²) < 4.78 is 7.06. The zero-order valence-corrected chi connectivity index (χ0v) is 19.3. The summed E-state index contributed by atoms with van der Waals surface area (Å²) in [5, 5.41) is 11.2. The number of rotatable bonds is 5. The first-order valence-electron chi connectivity index (χ1n) is 9.97. The van der Waals surface area contributed by atoms with Gasteiger partial charge in [0.1, 0.15) is 0 Å². The first-order valence-corrected chi connectivity index (χ1v) is 11.6. The van der Waals surface area contributed by atoms with Crippen LogP contribution in [0.5, 0.6) is 0 Å². The number of fused-ring (bicyclic) bond motifs is 1. The number of carbonyl (C=O) groups is 2. The van der Waals surface area contributed by atoms with Crippen LogP contribution in [0.25, 0.3) is 10.2 Å². The molecule has 0 spiro atoms. The molecule has 1 N–H and O–H groups in total. The molecular formula is C24H17BrN2O4S. The Morgan fingerprint density at radius 1 is 1.22 bits per heavy atom. The summed E-state index contributed by atoms with van der Waals surface area (Å²) in [6.07, 6.45) is 2.27. The highest BCUT2D eigenvalue weighted by molar-refractivity contribution is 9.10. The molecular weight excluding hydrogens is 492 g/mol. The summed E-state index contributed by atoms with van der Waals surface area (Å²) in [4.78, 5) is 32.5. The number of ketones is 1. The fourth-order valence-electron chi connectivity index (χ4n) is 3.82. The largest absolute Gasteiger partial charge is 0.503 e. The molecule has 160 valence electrons. The summed E-state index contributed by atoms with van der Waals surface area (Å²) in [7, 11) is 0. The summed E-state index contributed by atoms with van der Waals surface area (Å²) in [5.74, 6) is -1.73. The predicted octanol–water partition coefficient (Wildman–Crippen LogP) is 6.00. The van der Waals surface area contributed by atoms with Crippen molar-refractivity contribution in [2.75, 3.05) is 4.90 Å². The molecule has 0 aliphatic carbocycles. The second kappa shape index (κ2) is 8.03. The number of aryl methyl sites for hydroxylation is 1. The SMILES string of the molecule is CCc1ccc2nc(N3C(=O)C(O)=C(C(=O)c4ccco4)[C@H]3c3ccc(Br)cc3)sc2c1. The molecule has 8 heteroatoms. The Balaban J connectivity index is 1.67. The van der Waals surface area contributed by atoms with E-state index in [-0.39, 0.29) is 11.3 Å². The van der Waals surface area contributed by atoms with Crippen LogP contribution in [0.1, 0.15) is 34.6 Å². The molecule has 0 radical (unpaired) electrons. The van der Waals surface area contributed by atoms with Gasteiger partial charge in [-0.3, -0.25) is 14.5 Å². The second-order valence-electron chi connectivity index (χ2n) is 7.35. The molecule has 4 aromatic rings. The van der Waals surface area contributed by atoms with Crippen LogP contribution in [0.4, 0.5) is 5.13 Å². The first-order chi connectivity index (χ1) is 15.5. The minimum atomic E-state index is -0.834. The van der Waals surface area contributed by atoms with Gasteiger partial charge in [0.25, 0.3) is 5.91 Å². The van der Waals surface area contributed by atoms with E-state index in [1.54, 1.807) is 6.07 Å². The van der Waals surface area contributed by atoms with Gasteiger partial charge in [-0.1, -0.05) is 52.4 Å². The molecule has 1 aliphatic rings. The Kier molecular flexibility index (Phi) is 5.19. The third-order valence-corrected chi connectivity index (χ3v) is 6.99. The van der Waals surface area contributed by atoms with E-state index in [2.05, 4.69) is 27.8 Å². The minimum absolute atomic E-state index is 0.0271. The van der Waals surface area contributed by atoms with Crippen molar-refractivity contribution in [3.8, 4) is 0 Å². The van der Waals surface area contributed by atoms with Gasteiger partial charge < -0.3 is 9.52 Å². The van der Waals surface area contributed by atoms with Crippen LogP contribution in [-0.2, 0) is 11.2 Å². The van der Waals surface area contributed by atoms with Crippen molar-refractivity contribution in [2.24, 2.45) is 0 Å². The van der Waals surface area contributed by atoms with Crippen LogP contribution >= 0.6 is 27.3 Å². The highest BCUT2D eigenvalue weighted by Gasteiger charge is 2.46. The van der Waals surface area contributed by atoms with Gasteiger partial charge in [0.15, 0.2) is 16.7 Å². The van der Waals surface area contributed by atoms with Gasteiger partial charge in [-0.05, 0) is 53.9 Å². The number of aliphatic hydroxyl groups excluding tert-OH is 1. The third-order valence-electron chi connectivity index (χ3n) is 5.44. The van der Waals surface area contributed by atoms with Crippen LogP contribution < -0.4 is 4.90 Å². The van der Waals surface area contributed by atoms with Crippen molar-refractivity contribution in [3.05, 3.63) is 93.6 Å². The maximum absolute atomic E-state index is 13.2. The van der Waals surface area contributed by atoms with E-state index in [1.807, 2.05) is 42.5 Å². The number of hydrogen-bond donors (Lipinski definition) is 1. The van der Waals surface area contributed by atoms with Gasteiger partial charge in [-0.15, -0.1) is 0 Å². The van der Waals surface area contributed by atoms with E-state index in [1.165, 1.54) is 34.1 Å². The maximum Gasteiger partial charge on any atom is 0.296 e. The maximum atomic E-state index is 13.2. The molecule has 1 aliphatic heterocycles. The number of nitrogens with zero attached hydrogens (tertiary/aromatic N) is 2. The Morgan fingerprint density at radius 2 is 2.00 bits per heavy atom. The van der Waals surface area contributed by atoms with Crippen molar-refractivity contribution < 1.29 is 19.1 Å². The molecule has 2 aromatic carbocycles. The number of carbonyl (C=O) groups excluding carboxylic acids is 2. The van der Waals surface area contributed by atoms with Crippen LogP contribution in [0, 0.1) is 0 Å². The third kappa shape index (κ3) is 3.36. The number of furan rings is 1. The van der Waals surface area contributed by atoms with Crippen molar-refractivity contribution in [1.29, 1.82) is 0 Å². The molecule has 0 unspecified atom stereocenters. The van der Waals surface area contributed by atoms with E-state index >= 15 is 0 Å². The number of aliphatic hydroxyl groups is 1. The Morgan fingerprint density at radius 3 is 2.69 bits per heavy atom. The normalized spacial score (nSPS) is 16.4. The zero-order valence-electron chi connectivity index (χ0n) is 16.9. The number of aromatic nitrogens is 1. The number of benzene rings is 2. The van der Waals surface area contributed by atoms with Crippen LogP contribution in [0.15, 0.2) is 81.1 Å². The predicted molar refractivity (Wildman–Crippen MR) is 126 cm³/mol. The Hall–Kier alpha value is -3.23. The van der Waals surface area contributed by atoms with Crippen molar-refractivity contribution in [1.82, 2.24) is 4.98 Å². The molecule has 0 saturated heterocycles. The molecule has 0 saturated carbocycles. The van der Waals surface area contributed by atoms with E-state index in [0.717, 1.165) is 21.1 Å². The van der Waals surface area contributed by atoms with Crippen LogP contribution in [-0.4, -0.2) is 21.8 Å². The lowest BCUT2D eigenvalue weighted by Crippen LogP contribution is -2.30. The van der Waals surface area contributed by atoms with Gasteiger partial charge in [0.2, 0.25) is 5.78 Å². The van der Waals surface area contributed by atoms with Gasteiger partial charge in [-0.2, -0.15) is 0 Å². The second-order valence-corrected chi connectivity index (χ2v) is 9.27. The van der Waals surface area contributed by atoms with Crippen molar-refractivity contribution >= 4 is 54.3 Å². The van der Waals surface area contributed by atoms with Gasteiger partial charge in [-0.25, -0.2) is 4.98 Å². The monoisotopic (exact) mass is 508 g/mol. The summed E-state index contributed by atoms with van der Waals surface area (Å²) in [6.45, 7) is 2.07. The summed E-state index contributed by atoms with van der Waals surface area (Å²) >= 11 is 4.77. The Labute approximate surface area is 195 Å². The first kappa shape index (κ1) is 20.7. The molecule has 1 atom stereocenters. The fraction of sp³-hybridized carbons (Fsp3) is 0.125. The number of thiazole rings is 1. The molecule has 5 rings (SSSR count). The molecule has 32 heavy (non-hydrogen) atoms. The zero-order chi connectivity index (χ0) is 22.4. The average molecular weight is 509 g/mol. The number of halogens is 1.